The summed E-state index contributed by atoms with van der Waals surface area (Å²) >= 11 is 0. The minimum atomic E-state index is -0.467. The van der Waals surface area contributed by atoms with Crippen LogP contribution in [0, 0.1) is 5.82 Å². The molecule has 0 fully saturated rings. The maximum atomic E-state index is 13.2. The van der Waals surface area contributed by atoms with Crippen molar-refractivity contribution in [1.29, 1.82) is 0 Å². The van der Waals surface area contributed by atoms with E-state index in [0.717, 1.165) is 0 Å². The Morgan fingerprint density at radius 2 is 2.15 bits per heavy atom. The Morgan fingerprint density at radius 1 is 1.35 bits per heavy atom. The number of ketones is 1. The van der Waals surface area contributed by atoms with E-state index in [-0.39, 0.29) is 18.1 Å². The van der Waals surface area contributed by atoms with Crippen LogP contribution in [0.1, 0.15) is 28.7 Å². The minimum absolute atomic E-state index is 0.0803. The van der Waals surface area contributed by atoms with E-state index in [1.165, 1.54) is 25.1 Å². The lowest BCUT2D eigenvalue weighted by atomic mass is 10.1. The van der Waals surface area contributed by atoms with Crippen molar-refractivity contribution in [3.8, 4) is 5.75 Å². The van der Waals surface area contributed by atoms with Gasteiger partial charge < -0.3 is 14.0 Å². The highest BCUT2D eigenvalue weighted by Gasteiger charge is 2.11. The molecule has 20 heavy (non-hydrogen) atoms. The maximum absolute atomic E-state index is 13.2. The van der Waals surface area contributed by atoms with Crippen LogP contribution >= 0.6 is 0 Å². The van der Waals surface area contributed by atoms with Crippen LogP contribution in [0.4, 0.5) is 4.39 Å². The van der Waals surface area contributed by atoms with Crippen LogP contribution in [-0.4, -0.2) is 18.0 Å². The van der Waals surface area contributed by atoms with Gasteiger partial charge in [0.1, 0.15) is 30.5 Å². The zero-order chi connectivity index (χ0) is 14.5. The molecule has 0 saturated carbocycles. The molecule has 0 aliphatic carbocycles. The summed E-state index contributed by atoms with van der Waals surface area (Å²) in [4.78, 5) is 11.4. The molecule has 1 heterocycles. The van der Waals surface area contributed by atoms with Gasteiger partial charge in [-0.3, -0.25) is 4.79 Å². The van der Waals surface area contributed by atoms with E-state index in [2.05, 4.69) is 5.16 Å². The minimum Gasteiger partial charge on any atom is -0.486 e. The molecular weight excluding hydrogens is 265 g/mol. The zero-order valence-corrected chi connectivity index (χ0v) is 11.2. The predicted molar refractivity (Wildman–Crippen MR) is 68.0 cm³/mol. The topological polar surface area (TPSA) is 61.6 Å². The molecule has 0 bridgehead atoms. The average Bonchev–Trinajstić information content (AvgIpc) is 2.84. The molecule has 1 aromatic carbocycles. The average molecular weight is 279 g/mol. The van der Waals surface area contributed by atoms with Gasteiger partial charge in [0.2, 0.25) is 0 Å². The Bertz CT molecular complexity index is 609. The van der Waals surface area contributed by atoms with Crippen LogP contribution in [0.15, 0.2) is 28.8 Å². The smallest absolute Gasteiger partial charge is 0.163 e. The lowest BCUT2D eigenvalue weighted by Crippen LogP contribution is -2.02. The summed E-state index contributed by atoms with van der Waals surface area (Å²) in [6.45, 7) is 1.79. The summed E-state index contributed by atoms with van der Waals surface area (Å²) in [6, 6.07) is 5.46. The SMILES string of the molecule is COCc1cc(COc2cc(F)ccc2C(C)=O)no1. The second-order valence-electron chi connectivity index (χ2n) is 4.20. The van der Waals surface area contributed by atoms with E-state index in [1.807, 2.05) is 0 Å². The van der Waals surface area contributed by atoms with Crippen molar-refractivity contribution in [1.82, 2.24) is 5.16 Å². The first-order valence-corrected chi connectivity index (χ1v) is 5.97. The van der Waals surface area contributed by atoms with Gasteiger partial charge in [0.15, 0.2) is 11.5 Å². The highest BCUT2D eigenvalue weighted by atomic mass is 19.1. The second-order valence-corrected chi connectivity index (χ2v) is 4.20. The molecule has 0 radical (unpaired) electrons. The largest absolute Gasteiger partial charge is 0.486 e. The van der Waals surface area contributed by atoms with Gasteiger partial charge in [-0.2, -0.15) is 0 Å². The number of benzene rings is 1. The number of carbonyl (C=O) groups excluding carboxylic acids is 1. The van der Waals surface area contributed by atoms with Crippen LogP contribution in [0.3, 0.4) is 0 Å². The Labute approximate surface area is 115 Å². The second kappa shape index (κ2) is 6.29. The van der Waals surface area contributed by atoms with Gasteiger partial charge in [-0.1, -0.05) is 5.16 Å². The molecule has 1 aromatic heterocycles. The van der Waals surface area contributed by atoms with E-state index in [0.29, 0.717) is 23.6 Å². The summed E-state index contributed by atoms with van der Waals surface area (Å²) in [5.74, 6) is 0.0939. The van der Waals surface area contributed by atoms with Gasteiger partial charge in [-0.15, -0.1) is 0 Å². The van der Waals surface area contributed by atoms with E-state index in [9.17, 15) is 9.18 Å². The van der Waals surface area contributed by atoms with E-state index < -0.39 is 5.82 Å². The third-order valence-electron chi connectivity index (χ3n) is 2.59. The predicted octanol–water partition coefficient (Wildman–Crippen LogP) is 2.74. The molecule has 5 nitrogen and oxygen atoms in total. The number of carbonyl (C=O) groups is 1. The Balaban J connectivity index is 2.09. The number of nitrogens with zero attached hydrogens (tertiary/aromatic N) is 1. The van der Waals surface area contributed by atoms with Crippen molar-refractivity contribution < 1.29 is 23.2 Å². The lowest BCUT2D eigenvalue weighted by Gasteiger charge is -2.08. The van der Waals surface area contributed by atoms with Gasteiger partial charge in [0.05, 0.1) is 5.56 Å². The number of ether oxygens (including phenoxy) is 2. The van der Waals surface area contributed by atoms with Crippen LogP contribution < -0.4 is 4.74 Å². The first-order valence-electron chi connectivity index (χ1n) is 5.97. The van der Waals surface area contributed by atoms with Gasteiger partial charge in [-0.05, 0) is 19.1 Å². The molecule has 0 atom stereocenters. The number of aromatic nitrogens is 1. The normalized spacial score (nSPS) is 10.6. The Kier molecular flexibility index (Phi) is 4.47. The molecular formula is C14H14FNO4. The van der Waals surface area contributed by atoms with Crippen molar-refractivity contribution in [2.75, 3.05) is 7.11 Å². The molecule has 0 amide bonds. The molecule has 0 aliphatic rings. The van der Waals surface area contributed by atoms with Gasteiger partial charge >= 0.3 is 0 Å². The summed E-state index contributed by atoms with van der Waals surface area (Å²) in [7, 11) is 1.55. The monoisotopic (exact) mass is 279 g/mol. The number of Topliss-reactive ketones (excluding diaryl/α,β-unsaturated/α-hetero) is 1. The summed E-state index contributed by atoms with van der Waals surface area (Å²) < 4.78 is 28.5. The molecule has 6 heteroatoms. The summed E-state index contributed by atoms with van der Waals surface area (Å²) in [6.07, 6.45) is 0. The number of hydrogen-bond donors (Lipinski definition) is 0. The zero-order valence-electron chi connectivity index (χ0n) is 11.2. The molecule has 0 spiro atoms. The first kappa shape index (κ1) is 14.2. The summed E-state index contributed by atoms with van der Waals surface area (Å²) in [5.41, 5.74) is 0.864. The summed E-state index contributed by atoms with van der Waals surface area (Å²) in [5, 5.41) is 3.79. The molecule has 0 saturated heterocycles. The van der Waals surface area contributed by atoms with Crippen molar-refractivity contribution in [2.45, 2.75) is 20.1 Å². The molecule has 0 N–H and O–H groups in total. The Hall–Kier alpha value is -2.21. The van der Waals surface area contributed by atoms with Crippen LogP contribution in [0.5, 0.6) is 5.75 Å². The van der Waals surface area contributed by atoms with Crippen molar-refractivity contribution >= 4 is 5.78 Å². The third kappa shape index (κ3) is 3.42. The fourth-order valence-corrected chi connectivity index (χ4v) is 1.69. The van der Waals surface area contributed by atoms with E-state index in [4.69, 9.17) is 14.0 Å². The molecule has 0 unspecified atom stereocenters. The van der Waals surface area contributed by atoms with Crippen molar-refractivity contribution in [2.24, 2.45) is 0 Å². The van der Waals surface area contributed by atoms with Crippen molar-refractivity contribution in [3.63, 3.8) is 0 Å². The molecule has 2 rings (SSSR count). The number of methoxy groups -OCH3 is 1. The maximum Gasteiger partial charge on any atom is 0.163 e. The molecule has 0 aliphatic heterocycles. The molecule has 2 aromatic rings. The van der Waals surface area contributed by atoms with E-state index in [1.54, 1.807) is 13.2 Å². The standard InChI is InChI=1S/C14H14FNO4/c1-9(17)13-4-3-10(15)5-14(13)19-7-11-6-12(8-18-2)20-16-11/h3-6H,7-8H2,1-2H3. The number of halogens is 1. The highest BCUT2D eigenvalue weighted by molar-refractivity contribution is 5.96. The van der Waals surface area contributed by atoms with Gasteiger partial charge in [0.25, 0.3) is 0 Å². The number of hydrogen-bond acceptors (Lipinski definition) is 5. The fourth-order valence-electron chi connectivity index (χ4n) is 1.69. The lowest BCUT2D eigenvalue weighted by molar-refractivity contribution is 0.101. The van der Waals surface area contributed by atoms with E-state index >= 15 is 0 Å². The van der Waals surface area contributed by atoms with Crippen LogP contribution in [0.25, 0.3) is 0 Å². The van der Waals surface area contributed by atoms with Crippen LogP contribution in [0.2, 0.25) is 0 Å². The highest BCUT2D eigenvalue weighted by Crippen LogP contribution is 2.21. The van der Waals surface area contributed by atoms with Gasteiger partial charge in [-0.25, -0.2) is 4.39 Å². The van der Waals surface area contributed by atoms with Crippen molar-refractivity contribution in [3.05, 3.63) is 47.1 Å². The first-order chi connectivity index (χ1) is 9.60. The third-order valence-corrected chi connectivity index (χ3v) is 2.59. The Morgan fingerprint density at radius 3 is 2.85 bits per heavy atom. The molecule has 106 valence electrons. The fraction of sp³-hybridized carbons (Fsp3) is 0.286. The number of rotatable bonds is 6. The quantitative estimate of drug-likeness (QED) is 0.761. The van der Waals surface area contributed by atoms with Crippen LogP contribution in [-0.2, 0) is 18.0 Å². The van der Waals surface area contributed by atoms with Gasteiger partial charge in [0, 0.05) is 19.2 Å².